The number of hydrogen-bond donors (Lipinski definition) is 2. The lowest BCUT2D eigenvalue weighted by atomic mass is 10.1. The van der Waals surface area contributed by atoms with Crippen LogP contribution in [0.1, 0.15) is 11.5 Å². The summed E-state index contributed by atoms with van der Waals surface area (Å²) in [6.45, 7) is 0.791. The van der Waals surface area contributed by atoms with Crippen LogP contribution in [-0.2, 0) is 6.42 Å². The van der Waals surface area contributed by atoms with Gasteiger partial charge in [0.25, 0.3) is 0 Å². The lowest BCUT2D eigenvalue weighted by molar-refractivity contribution is 0.207. The Bertz CT molecular complexity index is 972. The predicted molar refractivity (Wildman–Crippen MR) is 95.9 cm³/mol. The van der Waals surface area contributed by atoms with Gasteiger partial charge in [0.05, 0.1) is 6.42 Å². The third kappa shape index (κ3) is 3.61. The lowest BCUT2D eigenvalue weighted by Gasteiger charge is -2.15. The minimum Gasteiger partial charge on any atom is -0.339 e. The number of nitrogens with one attached hydrogen (secondary N) is 2. The summed E-state index contributed by atoms with van der Waals surface area (Å²) in [7, 11) is 0. The first-order chi connectivity index (χ1) is 13.2. The average molecular weight is 364 g/mol. The molecule has 9 heteroatoms. The summed E-state index contributed by atoms with van der Waals surface area (Å²) >= 11 is 0. The largest absolute Gasteiger partial charge is 0.339 e. The minimum atomic E-state index is -0.472. The molecule has 1 aliphatic rings. The second-order valence-electron chi connectivity index (χ2n) is 5.90. The molecule has 3 heterocycles. The van der Waals surface area contributed by atoms with E-state index >= 15 is 0 Å². The molecule has 2 N–H and O–H groups in total. The zero-order valence-electron chi connectivity index (χ0n) is 14.3. The molecular formula is C18H16N6O3. The Kier molecular flexibility index (Phi) is 4.48. The van der Waals surface area contributed by atoms with E-state index < -0.39 is 12.1 Å². The van der Waals surface area contributed by atoms with Crippen LogP contribution in [0.4, 0.5) is 15.3 Å². The van der Waals surface area contributed by atoms with E-state index in [0.717, 1.165) is 16.0 Å². The molecule has 27 heavy (non-hydrogen) atoms. The molecule has 0 atom stereocenters. The minimum absolute atomic E-state index is 0.339. The van der Waals surface area contributed by atoms with Crippen LogP contribution in [0.25, 0.3) is 11.4 Å². The Morgan fingerprint density at radius 2 is 2.04 bits per heavy atom. The van der Waals surface area contributed by atoms with Crippen molar-refractivity contribution in [2.24, 2.45) is 0 Å². The van der Waals surface area contributed by atoms with E-state index in [0.29, 0.717) is 36.9 Å². The van der Waals surface area contributed by atoms with Crippen molar-refractivity contribution in [3.05, 3.63) is 60.2 Å². The number of nitrogens with zero attached hydrogens (tertiary/aromatic N) is 4. The van der Waals surface area contributed by atoms with E-state index in [1.807, 2.05) is 12.1 Å². The number of aromatic nitrogens is 3. The molecule has 0 saturated carbocycles. The van der Waals surface area contributed by atoms with Gasteiger partial charge in [-0.05, 0) is 23.8 Å². The molecule has 4 rings (SSSR count). The van der Waals surface area contributed by atoms with E-state index in [1.165, 1.54) is 0 Å². The van der Waals surface area contributed by atoms with Crippen molar-refractivity contribution in [2.45, 2.75) is 6.42 Å². The van der Waals surface area contributed by atoms with Crippen LogP contribution >= 0.6 is 0 Å². The van der Waals surface area contributed by atoms with E-state index in [4.69, 9.17) is 4.52 Å². The molecule has 0 unspecified atom stereocenters. The highest BCUT2D eigenvalue weighted by Crippen LogP contribution is 2.21. The summed E-state index contributed by atoms with van der Waals surface area (Å²) in [6.07, 6.45) is 3.66. The maximum Gasteiger partial charge on any atom is 0.330 e. The quantitative estimate of drug-likeness (QED) is 0.734. The van der Waals surface area contributed by atoms with Crippen molar-refractivity contribution in [3.63, 3.8) is 0 Å². The first-order valence-electron chi connectivity index (χ1n) is 8.38. The van der Waals surface area contributed by atoms with Crippen molar-refractivity contribution in [3.8, 4) is 11.4 Å². The van der Waals surface area contributed by atoms with Crippen molar-refractivity contribution >= 4 is 17.7 Å². The highest BCUT2D eigenvalue weighted by Gasteiger charge is 2.26. The number of pyridine rings is 1. The third-order valence-electron chi connectivity index (χ3n) is 4.11. The number of imide groups is 1. The lowest BCUT2D eigenvalue weighted by Crippen LogP contribution is -2.37. The van der Waals surface area contributed by atoms with Gasteiger partial charge < -0.3 is 15.2 Å². The van der Waals surface area contributed by atoms with Crippen LogP contribution in [0.5, 0.6) is 0 Å². The van der Waals surface area contributed by atoms with Gasteiger partial charge in [-0.25, -0.2) is 14.5 Å². The highest BCUT2D eigenvalue weighted by atomic mass is 16.5. The van der Waals surface area contributed by atoms with Gasteiger partial charge in [-0.1, -0.05) is 23.4 Å². The summed E-state index contributed by atoms with van der Waals surface area (Å²) in [6, 6.07) is 10.0. The molecule has 0 radical (unpaired) electrons. The number of carbonyl (C=O) groups excluding carboxylic acids is 2. The van der Waals surface area contributed by atoms with Crippen LogP contribution in [-0.4, -0.2) is 45.2 Å². The predicted octanol–water partition coefficient (Wildman–Crippen LogP) is 2.28. The van der Waals surface area contributed by atoms with Crippen LogP contribution in [0.2, 0.25) is 0 Å². The SMILES string of the molecule is O=C1NCCN1C(=O)Nc1ccccc1Cc1nc(-c2ccncc2)no1. The van der Waals surface area contributed by atoms with Crippen molar-refractivity contribution in [1.29, 1.82) is 0 Å². The van der Waals surface area contributed by atoms with E-state index in [9.17, 15) is 9.59 Å². The summed E-state index contributed by atoms with van der Waals surface area (Å²) in [5.74, 6) is 0.894. The van der Waals surface area contributed by atoms with Gasteiger partial charge in [0, 0.05) is 36.7 Å². The van der Waals surface area contributed by atoms with Gasteiger partial charge >= 0.3 is 12.1 Å². The molecular weight excluding hydrogens is 348 g/mol. The van der Waals surface area contributed by atoms with Gasteiger partial charge in [0.2, 0.25) is 11.7 Å². The molecule has 1 aliphatic heterocycles. The average Bonchev–Trinajstić information content (AvgIpc) is 3.33. The van der Waals surface area contributed by atoms with E-state index in [1.54, 1.807) is 36.7 Å². The van der Waals surface area contributed by atoms with Crippen LogP contribution in [0, 0.1) is 0 Å². The zero-order valence-corrected chi connectivity index (χ0v) is 14.3. The Balaban J connectivity index is 1.51. The molecule has 1 fully saturated rings. The fourth-order valence-corrected chi connectivity index (χ4v) is 2.75. The maximum absolute atomic E-state index is 12.3. The Morgan fingerprint density at radius 3 is 2.81 bits per heavy atom. The van der Waals surface area contributed by atoms with Crippen LogP contribution < -0.4 is 10.6 Å². The molecule has 0 aliphatic carbocycles. The topological polar surface area (TPSA) is 113 Å². The number of hydrogen-bond acceptors (Lipinski definition) is 6. The Morgan fingerprint density at radius 1 is 1.22 bits per heavy atom. The highest BCUT2D eigenvalue weighted by molar-refractivity contribution is 6.01. The Labute approximate surface area is 154 Å². The van der Waals surface area contributed by atoms with E-state index in [-0.39, 0.29) is 0 Å². The second kappa shape index (κ2) is 7.24. The molecule has 0 spiro atoms. The molecule has 136 valence electrons. The maximum atomic E-state index is 12.3. The summed E-state index contributed by atoms with van der Waals surface area (Å²) in [4.78, 5) is 33.4. The number of urea groups is 2. The first-order valence-corrected chi connectivity index (χ1v) is 8.38. The summed E-state index contributed by atoms with van der Waals surface area (Å²) in [5, 5.41) is 9.35. The fourth-order valence-electron chi connectivity index (χ4n) is 2.75. The summed E-state index contributed by atoms with van der Waals surface area (Å²) in [5.41, 5.74) is 2.20. The molecule has 2 aromatic heterocycles. The number of para-hydroxylation sites is 1. The van der Waals surface area contributed by atoms with Crippen LogP contribution in [0.3, 0.4) is 0 Å². The van der Waals surface area contributed by atoms with Crippen molar-refractivity contribution < 1.29 is 14.1 Å². The van der Waals surface area contributed by atoms with Crippen molar-refractivity contribution in [2.75, 3.05) is 18.4 Å². The third-order valence-corrected chi connectivity index (χ3v) is 4.11. The first kappa shape index (κ1) is 16.7. The second-order valence-corrected chi connectivity index (χ2v) is 5.90. The number of anilines is 1. The van der Waals surface area contributed by atoms with Gasteiger partial charge in [-0.2, -0.15) is 4.98 Å². The zero-order chi connectivity index (χ0) is 18.6. The fraction of sp³-hybridized carbons (Fsp3) is 0.167. The van der Waals surface area contributed by atoms with Gasteiger partial charge in [0.15, 0.2) is 0 Å². The Hall–Kier alpha value is -3.75. The van der Waals surface area contributed by atoms with Gasteiger partial charge in [0.1, 0.15) is 0 Å². The molecule has 0 bridgehead atoms. The standard InChI is InChI=1S/C18H16N6O3/c25-17-20-9-10-24(17)18(26)21-14-4-2-1-3-13(14)11-15-22-16(23-27-15)12-5-7-19-8-6-12/h1-8H,9-11H2,(H,20,25)(H,21,26). The molecule has 3 aromatic rings. The molecule has 1 saturated heterocycles. The van der Waals surface area contributed by atoms with Gasteiger partial charge in [-0.15, -0.1) is 0 Å². The molecule has 9 nitrogen and oxygen atoms in total. The number of amides is 4. The van der Waals surface area contributed by atoms with E-state index in [2.05, 4.69) is 25.8 Å². The number of benzene rings is 1. The van der Waals surface area contributed by atoms with Gasteiger partial charge in [-0.3, -0.25) is 4.98 Å². The molecule has 1 aromatic carbocycles. The molecule has 4 amide bonds. The summed E-state index contributed by atoms with van der Waals surface area (Å²) < 4.78 is 5.33. The monoisotopic (exact) mass is 364 g/mol. The van der Waals surface area contributed by atoms with Crippen LogP contribution in [0.15, 0.2) is 53.3 Å². The number of rotatable bonds is 4. The number of carbonyl (C=O) groups is 2. The van der Waals surface area contributed by atoms with Crippen molar-refractivity contribution in [1.82, 2.24) is 25.3 Å². The smallest absolute Gasteiger partial charge is 0.330 e. The normalized spacial score (nSPS) is 13.5.